The zero-order valence-corrected chi connectivity index (χ0v) is 18.4. The highest BCUT2D eigenvalue weighted by Crippen LogP contribution is 2.42. The molecule has 3 aromatic rings. The molecular weight excluding hydrogens is 401 g/mol. The summed E-state index contributed by atoms with van der Waals surface area (Å²) >= 11 is 0. The molecule has 0 unspecified atom stereocenters. The molecule has 31 heavy (non-hydrogen) atoms. The first-order valence-corrected chi connectivity index (χ1v) is 10.4. The number of hydrogen-bond acceptors (Lipinski definition) is 7. The Morgan fingerprint density at radius 3 is 2.58 bits per heavy atom. The SMILES string of the molecule is CC.COC(=O)C1CC(n2nc(-c3ccc(OC(C)C)c(F)c3)c3c(N)ncnc32)C1. The Kier molecular flexibility index (Phi) is 6.72. The number of carbonyl (C=O) groups excluding carboxylic acids is 1. The molecule has 1 aliphatic carbocycles. The summed E-state index contributed by atoms with van der Waals surface area (Å²) in [6.45, 7) is 7.67. The van der Waals surface area contributed by atoms with Crippen LogP contribution in [0.25, 0.3) is 22.3 Å². The average Bonchev–Trinajstić information content (AvgIpc) is 3.10. The molecule has 1 fully saturated rings. The Bertz CT molecular complexity index is 1080. The van der Waals surface area contributed by atoms with Crippen LogP contribution >= 0.6 is 0 Å². The fourth-order valence-electron chi connectivity index (χ4n) is 3.60. The first-order valence-electron chi connectivity index (χ1n) is 10.4. The third kappa shape index (κ3) is 4.30. The Morgan fingerprint density at radius 1 is 1.26 bits per heavy atom. The van der Waals surface area contributed by atoms with Crippen molar-refractivity contribution in [3.8, 4) is 17.0 Å². The molecule has 2 aromatic heterocycles. The van der Waals surface area contributed by atoms with Crippen molar-refractivity contribution in [2.45, 2.75) is 52.7 Å². The molecule has 4 rings (SSSR count). The summed E-state index contributed by atoms with van der Waals surface area (Å²) in [6, 6.07) is 4.66. The van der Waals surface area contributed by atoms with Crippen LogP contribution in [0.4, 0.5) is 10.2 Å². The monoisotopic (exact) mass is 429 g/mol. The van der Waals surface area contributed by atoms with Gasteiger partial charge in [0.05, 0.1) is 30.6 Å². The van der Waals surface area contributed by atoms with E-state index in [0.717, 1.165) is 0 Å². The highest BCUT2D eigenvalue weighted by Gasteiger charge is 2.38. The summed E-state index contributed by atoms with van der Waals surface area (Å²) in [5.41, 5.74) is 7.70. The van der Waals surface area contributed by atoms with Crippen LogP contribution in [-0.2, 0) is 9.53 Å². The number of aromatic nitrogens is 4. The van der Waals surface area contributed by atoms with Crippen molar-refractivity contribution in [3.63, 3.8) is 0 Å². The molecule has 8 nitrogen and oxygen atoms in total. The number of ether oxygens (including phenoxy) is 2. The number of hydrogen-bond donors (Lipinski definition) is 1. The van der Waals surface area contributed by atoms with E-state index in [9.17, 15) is 9.18 Å². The number of nitrogens with zero attached hydrogens (tertiary/aromatic N) is 4. The van der Waals surface area contributed by atoms with E-state index in [4.69, 9.17) is 15.2 Å². The van der Waals surface area contributed by atoms with Gasteiger partial charge in [-0.2, -0.15) is 5.10 Å². The van der Waals surface area contributed by atoms with Gasteiger partial charge >= 0.3 is 5.97 Å². The summed E-state index contributed by atoms with van der Waals surface area (Å²) in [5.74, 6) is -0.421. The molecule has 1 aromatic carbocycles. The van der Waals surface area contributed by atoms with Crippen molar-refractivity contribution in [2.24, 2.45) is 5.92 Å². The Hall–Kier alpha value is -3.23. The number of halogens is 1. The molecule has 0 saturated heterocycles. The van der Waals surface area contributed by atoms with Crippen molar-refractivity contribution in [3.05, 3.63) is 30.3 Å². The number of carbonyl (C=O) groups is 1. The van der Waals surface area contributed by atoms with E-state index < -0.39 is 5.82 Å². The van der Waals surface area contributed by atoms with Gasteiger partial charge in [0.15, 0.2) is 17.2 Å². The Balaban J connectivity index is 0.00000132. The second-order valence-corrected chi connectivity index (χ2v) is 7.41. The molecule has 1 aliphatic rings. The molecule has 0 aliphatic heterocycles. The van der Waals surface area contributed by atoms with Gasteiger partial charge in [-0.25, -0.2) is 19.0 Å². The molecule has 9 heteroatoms. The lowest BCUT2D eigenvalue weighted by Crippen LogP contribution is -2.33. The quantitative estimate of drug-likeness (QED) is 0.607. The second-order valence-electron chi connectivity index (χ2n) is 7.41. The standard InChI is InChI=1S/C20H22FN5O3.C2H6/c1-10(2)29-15-5-4-11(8-14(15)21)17-16-18(22)23-9-24-19(16)26(25-17)13-6-12(7-13)20(27)28-3;1-2/h4-5,8-10,12-13H,6-7H2,1-3H3,(H2,22,23,24);1-2H3. The van der Waals surface area contributed by atoms with E-state index in [1.807, 2.05) is 27.7 Å². The lowest BCUT2D eigenvalue weighted by Gasteiger charge is -2.33. The van der Waals surface area contributed by atoms with Crippen LogP contribution in [0, 0.1) is 11.7 Å². The van der Waals surface area contributed by atoms with Crippen LogP contribution in [0.5, 0.6) is 5.75 Å². The van der Waals surface area contributed by atoms with Gasteiger partial charge < -0.3 is 15.2 Å². The lowest BCUT2D eigenvalue weighted by atomic mass is 9.80. The van der Waals surface area contributed by atoms with E-state index in [1.165, 1.54) is 19.5 Å². The fourth-order valence-corrected chi connectivity index (χ4v) is 3.60. The van der Waals surface area contributed by atoms with Crippen LogP contribution in [0.15, 0.2) is 24.5 Å². The summed E-state index contributed by atoms with van der Waals surface area (Å²) in [7, 11) is 1.38. The lowest BCUT2D eigenvalue weighted by molar-refractivity contribution is -0.149. The zero-order chi connectivity index (χ0) is 22.7. The number of fused-ring (bicyclic) bond motifs is 1. The van der Waals surface area contributed by atoms with Gasteiger partial charge in [0.2, 0.25) is 0 Å². The van der Waals surface area contributed by atoms with Gasteiger partial charge in [-0.15, -0.1) is 0 Å². The zero-order valence-electron chi connectivity index (χ0n) is 18.4. The smallest absolute Gasteiger partial charge is 0.308 e. The van der Waals surface area contributed by atoms with Gasteiger partial charge in [-0.05, 0) is 44.9 Å². The van der Waals surface area contributed by atoms with E-state index in [-0.39, 0.29) is 35.6 Å². The number of esters is 1. The number of nitrogens with two attached hydrogens (primary N) is 1. The second kappa shape index (κ2) is 9.28. The Labute approximate surface area is 180 Å². The van der Waals surface area contributed by atoms with E-state index >= 15 is 0 Å². The summed E-state index contributed by atoms with van der Waals surface area (Å²) in [4.78, 5) is 20.1. The number of methoxy groups -OCH3 is 1. The molecule has 0 bridgehead atoms. The van der Waals surface area contributed by atoms with Crippen molar-refractivity contribution >= 4 is 22.8 Å². The first-order chi connectivity index (χ1) is 14.9. The molecule has 1 saturated carbocycles. The number of nitrogen functional groups attached to an aromatic ring is 1. The average molecular weight is 429 g/mol. The maximum absolute atomic E-state index is 14.5. The van der Waals surface area contributed by atoms with Crippen molar-refractivity contribution < 1.29 is 18.7 Å². The molecule has 0 radical (unpaired) electrons. The van der Waals surface area contributed by atoms with Crippen molar-refractivity contribution in [1.29, 1.82) is 0 Å². The third-order valence-electron chi connectivity index (χ3n) is 5.08. The van der Waals surface area contributed by atoms with Crippen LogP contribution in [0.2, 0.25) is 0 Å². The summed E-state index contributed by atoms with van der Waals surface area (Å²) < 4.78 is 26.6. The van der Waals surface area contributed by atoms with Crippen LogP contribution in [0.3, 0.4) is 0 Å². The molecule has 0 spiro atoms. The Morgan fingerprint density at radius 2 is 1.97 bits per heavy atom. The van der Waals surface area contributed by atoms with Gasteiger partial charge in [0, 0.05) is 5.56 Å². The summed E-state index contributed by atoms with van der Waals surface area (Å²) in [5, 5.41) is 5.23. The van der Waals surface area contributed by atoms with E-state index in [2.05, 4.69) is 15.1 Å². The molecule has 2 N–H and O–H groups in total. The molecule has 2 heterocycles. The molecular formula is C22H28FN5O3. The number of benzene rings is 1. The highest BCUT2D eigenvalue weighted by molar-refractivity contribution is 5.98. The van der Waals surface area contributed by atoms with Crippen molar-refractivity contribution in [2.75, 3.05) is 12.8 Å². The first kappa shape index (κ1) is 22.5. The molecule has 0 amide bonds. The topological polar surface area (TPSA) is 105 Å². The number of rotatable bonds is 5. The normalized spacial score (nSPS) is 17.6. The van der Waals surface area contributed by atoms with Crippen LogP contribution in [-0.4, -0.2) is 38.9 Å². The molecule has 0 atom stereocenters. The van der Waals surface area contributed by atoms with E-state index in [1.54, 1.807) is 16.8 Å². The van der Waals surface area contributed by atoms with Gasteiger partial charge in [-0.1, -0.05) is 13.8 Å². The minimum atomic E-state index is -0.483. The minimum absolute atomic E-state index is 0.0157. The minimum Gasteiger partial charge on any atom is -0.488 e. The van der Waals surface area contributed by atoms with Gasteiger partial charge in [0.1, 0.15) is 17.8 Å². The maximum atomic E-state index is 14.5. The van der Waals surface area contributed by atoms with Gasteiger partial charge in [0.25, 0.3) is 0 Å². The summed E-state index contributed by atoms with van der Waals surface area (Å²) in [6.07, 6.45) is 2.43. The predicted octanol–water partition coefficient (Wildman–Crippen LogP) is 4.15. The molecule has 166 valence electrons. The van der Waals surface area contributed by atoms with Crippen LogP contribution in [0.1, 0.15) is 46.6 Å². The van der Waals surface area contributed by atoms with Crippen LogP contribution < -0.4 is 10.5 Å². The van der Waals surface area contributed by atoms with Crippen molar-refractivity contribution in [1.82, 2.24) is 19.7 Å². The number of anilines is 1. The van der Waals surface area contributed by atoms with E-state index in [0.29, 0.717) is 35.1 Å². The van der Waals surface area contributed by atoms with Gasteiger partial charge in [-0.3, -0.25) is 4.79 Å². The highest BCUT2D eigenvalue weighted by atomic mass is 19.1. The largest absolute Gasteiger partial charge is 0.488 e. The predicted molar refractivity (Wildman–Crippen MR) is 116 cm³/mol. The third-order valence-corrected chi connectivity index (χ3v) is 5.08. The maximum Gasteiger partial charge on any atom is 0.308 e. The fraction of sp³-hybridized carbons (Fsp3) is 0.455.